The quantitative estimate of drug-likeness (QED) is 0.762. The number of nitrogens with one attached hydrogen (secondary N) is 1. The van der Waals surface area contributed by atoms with Gasteiger partial charge in [-0.1, -0.05) is 20.8 Å². The molecule has 5 nitrogen and oxygen atoms in total. The first kappa shape index (κ1) is 15.1. The van der Waals surface area contributed by atoms with E-state index in [2.05, 4.69) is 31.1 Å². The SMILES string of the molecule is COCCNC(C(N)=O)c1csc(C(C)(C)C)n1. The summed E-state index contributed by atoms with van der Waals surface area (Å²) in [5.41, 5.74) is 6.06. The molecule has 6 heteroatoms. The number of thiazole rings is 1. The van der Waals surface area contributed by atoms with Crippen molar-refractivity contribution in [3.05, 3.63) is 16.1 Å². The number of ether oxygens (including phenoxy) is 1. The molecule has 1 aromatic heterocycles. The molecule has 0 aromatic carbocycles. The lowest BCUT2D eigenvalue weighted by Gasteiger charge is -2.15. The number of amides is 1. The van der Waals surface area contributed by atoms with E-state index in [1.807, 2.05) is 5.38 Å². The Labute approximate surface area is 112 Å². The fraction of sp³-hybridized carbons (Fsp3) is 0.667. The summed E-state index contributed by atoms with van der Waals surface area (Å²) in [5.74, 6) is -0.420. The average molecular weight is 271 g/mol. The van der Waals surface area contributed by atoms with Crippen LogP contribution in [-0.2, 0) is 14.9 Å². The van der Waals surface area contributed by atoms with Gasteiger partial charge in [0, 0.05) is 24.4 Å². The first-order chi connectivity index (χ1) is 8.36. The van der Waals surface area contributed by atoms with E-state index in [0.29, 0.717) is 18.8 Å². The third kappa shape index (κ3) is 4.04. The molecular formula is C12H21N3O2S. The van der Waals surface area contributed by atoms with Crippen molar-refractivity contribution in [3.8, 4) is 0 Å². The first-order valence-electron chi connectivity index (χ1n) is 5.84. The van der Waals surface area contributed by atoms with Gasteiger partial charge in [0.25, 0.3) is 0 Å². The third-order valence-electron chi connectivity index (χ3n) is 2.40. The lowest BCUT2D eigenvalue weighted by molar-refractivity contribution is -0.120. The highest BCUT2D eigenvalue weighted by molar-refractivity contribution is 7.09. The number of primary amides is 1. The van der Waals surface area contributed by atoms with Crippen LogP contribution in [0.15, 0.2) is 5.38 Å². The van der Waals surface area contributed by atoms with Gasteiger partial charge in [-0.3, -0.25) is 10.1 Å². The zero-order chi connectivity index (χ0) is 13.8. The predicted molar refractivity (Wildman–Crippen MR) is 72.6 cm³/mol. The van der Waals surface area contributed by atoms with Crippen LogP contribution in [0.1, 0.15) is 37.5 Å². The summed E-state index contributed by atoms with van der Waals surface area (Å²) in [6.45, 7) is 7.36. The van der Waals surface area contributed by atoms with Gasteiger partial charge in [-0.25, -0.2) is 4.98 Å². The van der Waals surface area contributed by atoms with Gasteiger partial charge >= 0.3 is 0 Å². The maximum Gasteiger partial charge on any atom is 0.240 e. The van der Waals surface area contributed by atoms with E-state index < -0.39 is 11.9 Å². The maximum atomic E-state index is 11.4. The van der Waals surface area contributed by atoms with Crippen molar-refractivity contribution in [2.24, 2.45) is 5.73 Å². The van der Waals surface area contributed by atoms with E-state index in [4.69, 9.17) is 10.5 Å². The lowest BCUT2D eigenvalue weighted by atomic mass is 9.98. The first-order valence-corrected chi connectivity index (χ1v) is 6.71. The highest BCUT2D eigenvalue weighted by atomic mass is 32.1. The van der Waals surface area contributed by atoms with E-state index in [0.717, 1.165) is 5.01 Å². The Balaban J connectivity index is 2.80. The summed E-state index contributed by atoms with van der Waals surface area (Å²) < 4.78 is 4.93. The number of carbonyl (C=O) groups is 1. The van der Waals surface area contributed by atoms with Gasteiger partial charge in [-0.2, -0.15) is 0 Å². The molecule has 1 heterocycles. The molecular weight excluding hydrogens is 250 g/mol. The fourth-order valence-electron chi connectivity index (χ4n) is 1.42. The predicted octanol–water partition coefficient (Wildman–Crippen LogP) is 1.20. The smallest absolute Gasteiger partial charge is 0.240 e. The summed E-state index contributed by atoms with van der Waals surface area (Å²) in [6, 6.07) is -0.549. The van der Waals surface area contributed by atoms with Crippen LogP contribution in [0.2, 0.25) is 0 Å². The van der Waals surface area contributed by atoms with E-state index in [-0.39, 0.29) is 5.41 Å². The Morgan fingerprint density at radius 3 is 2.72 bits per heavy atom. The van der Waals surface area contributed by atoms with Crippen LogP contribution in [0.4, 0.5) is 0 Å². The molecule has 0 saturated heterocycles. The van der Waals surface area contributed by atoms with E-state index in [1.54, 1.807) is 18.4 Å². The minimum Gasteiger partial charge on any atom is -0.383 e. The van der Waals surface area contributed by atoms with Crippen LogP contribution in [-0.4, -0.2) is 31.2 Å². The van der Waals surface area contributed by atoms with Crippen molar-refractivity contribution in [3.63, 3.8) is 0 Å². The Morgan fingerprint density at radius 2 is 2.28 bits per heavy atom. The highest BCUT2D eigenvalue weighted by Crippen LogP contribution is 2.27. The topological polar surface area (TPSA) is 77.2 Å². The molecule has 1 unspecified atom stereocenters. The lowest BCUT2D eigenvalue weighted by Crippen LogP contribution is -2.35. The molecule has 0 saturated carbocycles. The van der Waals surface area contributed by atoms with Crippen LogP contribution < -0.4 is 11.1 Å². The molecule has 0 aliphatic carbocycles. The van der Waals surface area contributed by atoms with Crippen molar-refractivity contribution in [1.29, 1.82) is 0 Å². The standard InChI is InChI=1S/C12H21N3O2S/c1-12(2,3)11-15-8(7-18-11)9(10(13)16)14-5-6-17-4/h7,9,14H,5-6H2,1-4H3,(H2,13,16). The minimum absolute atomic E-state index is 0.0162. The van der Waals surface area contributed by atoms with Gasteiger partial charge in [0.1, 0.15) is 6.04 Å². The van der Waals surface area contributed by atoms with Crippen LogP contribution in [0.5, 0.6) is 0 Å². The van der Waals surface area contributed by atoms with Gasteiger partial charge in [0.05, 0.1) is 17.3 Å². The van der Waals surface area contributed by atoms with Crippen LogP contribution in [0.3, 0.4) is 0 Å². The molecule has 102 valence electrons. The van der Waals surface area contributed by atoms with Gasteiger partial charge in [0.15, 0.2) is 0 Å². The number of rotatable bonds is 6. The number of hydrogen-bond donors (Lipinski definition) is 2. The second kappa shape index (κ2) is 6.26. The largest absolute Gasteiger partial charge is 0.383 e. The molecule has 0 aliphatic rings. The van der Waals surface area contributed by atoms with Crippen molar-refractivity contribution in [2.75, 3.05) is 20.3 Å². The number of nitrogens with zero attached hydrogens (tertiary/aromatic N) is 1. The van der Waals surface area contributed by atoms with Crippen LogP contribution in [0, 0.1) is 0 Å². The number of nitrogens with two attached hydrogens (primary N) is 1. The molecule has 1 atom stereocenters. The van der Waals surface area contributed by atoms with Crippen molar-refractivity contribution < 1.29 is 9.53 Å². The summed E-state index contributed by atoms with van der Waals surface area (Å²) in [6.07, 6.45) is 0. The molecule has 1 rings (SSSR count). The zero-order valence-electron chi connectivity index (χ0n) is 11.3. The van der Waals surface area contributed by atoms with Crippen LogP contribution in [0.25, 0.3) is 0 Å². The molecule has 0 aliphatic heterocycles. The Kier molecular flexibility index (Phi) is 5.25. The Hall–Kier alpha value is -0.980. The second-order valence-corrected chi connectivity index (χ2v) is 5.97. The summed E-state index contributed by atoms with van der Waals surface area (Å²) in [5, 5.41) is 5.93. The fourth-order valence-corrected chi connectivity index (χ4v) is 2.35. The van der Waals surface area contributed by atoms with E-state index in [9.17, 15) is 4.79 Å². The normalized spacial score (nSPS) is 13.6. The molecule has 18 heavy (non-hydrogen) atoms. The highest BCUT2D eigenvalue weighted by Gasteiger charge is 2.24. The number of carbonyl (C=O) groups excluding carboxylic acids is 1. The van der Waals surface area contributed by atoms with E-state index >= 15 is 0 Å². The number of aromatic nitrogens is 1. The van der Waals surface area contributed by atoms with E-state index in [1.165, 1.54) is 0 Å². The average Bonchev–Trinajstić information content (AvgIpc) is 2.72. The van der Waals surface area contributed by atoms with Crippen molar-refractivity contribution in [1.82, 2.24) is 10.3 Å². The molecule has 1 aromatic rings. The minimum atomic E-state index is -0.549. The van der Waals surface area contributed by atoms with Gasteiger partial charge in [-0.05, 0) is 0 Å². The summed E-state index contributed by atoms with van der Waals surface area (Å²) >= 11 is 1.55. The molecule has 0 spiro atoms. The number of methoxy groups -OCH3 is 1. The third-order valence-corrected chi connectivity index (χ3v) is 3.68. The second-order valence-electron chi connectivity index (χ2n) is 5.11. The van der Waals surface area contributed by atoms with Crippen molar-refractivity contribution in [2.45, 2.75) is 32.2 Å². The van der Waals surface area contributed by atoms with Crippen molar-refractivity contribution >= 4 is 17.2 Å². The number of hydrogen-bond acceptors (Lipinski definition) is 5. The monoisotopic (exact) mass is 271 g/mol. The van der Waals surface area contributed by atoms with Gasteiger partial charge in [0.2, 0.25) is 5.91 Å². The molecule has 0 radical (unpaired) electrons. The molecule has 0 bridgehead atoms. The van der Waals surface area contributed by atoms with Gasteiger partial charge < -0.3 is 10.5 Å². The summed E-state index contributed by atoms with van der Waals surface area (Å²) in [4.78, 5) is 15.9. The summed E-state index contributed by atoms with van der Waals surface area (Å²) in [7, 11) is 1.61. The molecule has 0 fully saturated rings. The zero-order valence-corrected chi connectivity index (χ0v) is 12.1. The molecule has 1 amide bonds. The van der Waals surface area contributed by atoms with Gasteiger partial charge in [-0.15, -0.1) is 11.3 Å². The molecule has 3 N–H and O–H groups in total. The van der Waals surface area contributed by atoms with Crippen LogP contribution >= 0.6 is 11.3 Å². The Morgan fingerprint density at radius 1 is 1.61 bits per heavy atom. The maximum absolute atomic E-state index is 11.4. The Bertz CT molecular complexity index is 398.